The molecule has 2 aromatic rings. The SMILES string of the molecule is CC(OC(=O)/C=C/c1cccc(C(F)(F)F)c1)C(=O)Nc1ccc(C(N)=O)cc1. The topological polar surface area (TPSA) is 98.5 Å². The van der Waals surface area contributed by atoms with E-state index in [2.05, 4.69) is 5.32 Å². The number of primary amides is 1. The lowest BCUT2D eigenvalue weighted by molar-refractivity contribution is -0.148. The van der Waals surface area contributed by atoms with Gasteiger partial charge in [-0.1, -0.05) is 12.1 Å². The molecule has 2 rings (SSSR count). The predicted molar refractivity (Wildman–Crippen MR) is 99.6 cm³/mol. The summed E-state index contributed by atoms with van der Waals surface area (Å²) in [4.78, 5) is 34.9. The van der Waals surface area contributed by atoms with Crippen molar-refractivity contribution in [1.29, 1.82) is 0 Å². The van der Waals surface area contributed by atoms with Crippen LogP contribution in [0.1, 0.15) is 28.4 Å². The van der Waals surface area contributed by atoms with E-state index in [1.54, 1.807) is 0 Å². The van der Waals surface area contributed by atoms with Crippen LogP contribution < -0.4 is 11.1 Å². The number of carbonyl (C=O) groups excluding carboxylic acids is 3. The number of anilines is 1. The van der Waals surface area contributed by atoms with E-state index in [4.69, 9.17) is 10.5 Å². The van der Waals surface area contributed by atoms with Gasteiger partial charge in [0.05, 0.1) is 5.56 Å². The molecule has 152 valence electrons. The second kappa shape index (κ2) is 9.05. The van der Waals surface area contributed by atoms with Gasteiger partial charge in [0, 0.05) is 17.3 Å². The fourth-order valence-electron chi connectivity index (χ4n) is 2.21. The van der Waals surface area contributed by atoms with Crippen LogP contribution in [0.25, 0.3) is 6.08 Å². The fourth-order valence-corrected chi connectivity index (χ4v) is 2.21. The number of rotatable bonds is 6. The minimum Gasteiger partial charge on any atom is -0.449 e. The summed E-state index contributed by atoms with van der Waals surface area (Å²) in [5, 5.41) is 2.49. The zero-order valence-corrected chi connectivity index (χ0v) is 15.2. The van der Waals surface area contributed by atoms with Gasteiger partial charge >= 0.3 is 12.1 Å². The smallest absolute Gasteiger partial charge is 0.416 e. The van der Waals surface area contributed by atoms with E-state index in [0.29, 0.717) is 5.69 Å². The molecule has 3 N–H and O–H groups in total. The Morgan fingerprint density at radius 1 is 1.10 bits per heavy atom. The quantitative estimate of drug-likeness (QED) is 0.568. The van der Waals surface area contributed by atoms with Crippen LogP contribution in [-0.2, 0) is 20.5 Å². The first-order chi connectivity index (χ1) is 13.6. The normalized spacial score (nSPS) is 12.4. The second-order valence-corrected chi connectivity index (χ2v) is 5.97. The van der Waals surface area contributed by atoms with Crippen molar-refractivity contribution in [3.8, 4) is 0 Å². The zero-order valence-electron chi connectivity index (χ0n) is 15.2. The maximum Gasteiger partial charge on any atom is 0.416 e. The largest absolute Gasteiger partial charge is 0.449 e. The van der Waals surface area contributed by atoms with Gasteiger partial charge in [0.1, 0.15) is 0 Å². The molecular weight excluding hydrogens is 389 g/mol. The van der Waals surface area contributed by atoms with Gasteiger partial charge < -0.3 is 15.8 Å². The van der Waals surface area contributed by atoms with E-state index in [1.807, 2.05) is 0 Å². The van der Waals surface area contributed by atoms with Gasteiger partial charge in [0.15, 0.2) is 6.10 Å². The van der Waals surface area contributed by atoms with Crippen molar-refractivity contribution >= 4 is 29.5 Å². The second-order valence-electron chi connectivity index (χ2n) is 5.97. The maximum atomic E-state index is 12.7. The van der Waals surface area contributed by atoms with Crippen molar-refractivity contribution < 1.29 is 32.3 Å². The minimum absolute atomic E-state index is 0.156. The molecule has 0 saturated heterocycles. The van der Waals surface area contributed by atoms with Crippen molar-refractivity contribution in [2.75, 3.05) is 5.32 Å². The number of esters is 1. The summed E-state index contributed by atoms with van der Waals surface area (Å²) in [7, 11) is 0. The Labute approximate surface area is 164 Å². The number of hydrogen-bond acceptors (Lipinski definition) is 4. The Balaban J connectivity index is 1.93. The molecule has 2 aromatic carbocycles. The number of benzene rings is 2. The molecule has 0 spiro atoms. The van der Waals surface area contributed by atoms with Gasteiger partial charge in [-0.05, 0) is 55.0 Å². The van der Waals surface area contributed by atoms with Crippen LogP contribution in [0.2, 0.25) is 0 Å². The Morgan fingerprint density at radius 2 is 1.76 bits per heavy atom. The number of amides is 2. The molecule has 0 aliphatic carbocycles. The molecule has 2 amide bonds. The Bertz CT molecular complexity index is 937. The highest BCUT2D eigenvalue weighted by atomic mass is 19.4. The van der Waals surface area contributed by atoms with Crippen molar-refractivity contribution in [3.05, 3.63) is 71.3 Å². The van der Waals surface area contributed by atoms with E-state index < -0.39 is 35.6 Å². The summed E-state index contributed by atoms with van der Waals surface area (Å²) in [6, 6.07) is 10.2. The number of hydrogen-bond donors (Lipinski definition) is 2. The first-order valence-electron chi connectivity index (χ1n) is 8.33. The van der Waals surface area contributed by atoms with Crippen LogP contribution in [0.15, 0.2) is 54.6 Å². The molecule has 6 nitrogen and oxygen atoms in total. The van der Waals surface area contributed by atoms with E-state index in [1.165, 1.54) is 43.3 Å². The summed E-state index contributed by atoms with van der Waals surface area (Å²) in [5.74, 6) is -2.13. The lowest BCUT2D eigenvalue weighted by Gasteiger charge is -2.12. The Morgan fingerprint density at radius 3 is 2.34 bits per heavy atom. The third-order valence-electron chi connectivity index (χ3n) is 3.72. The number of carbonyl (C=O) groups is 3. The van der Waals surface area contributed by atoms with E-state index in [9.17, 15) is 27.6 Å². The molecule has 0 aliphatic heterocycles. The number of halogens is 3. The molecule has 0 heterocycles. The lowest BCUT2D eigenvalue weighted by Crippen LogP contribution is -2.29. The highest BCUT2D eigenvalue weighted by molar-refractivity contribution is 5.97. The van der Waals surface area contributed by atoms with Gasteiger partial charge in [0.25, 0.3) is 5.91 Å². The summed E-state index contributed by atoms with van der Waals surface area (Å²) >= 11 is 0. The van der Waals surface area contributed by atoms with Crippen molar-refractivity contribution in [2.24, 2.45) is 5.73 Å². The molecule has 1 unspecified atom stereocenters. The van der Waals surface area contributed by atoms with E-state index in [-0.39, 0.29) is 11.1 Å². The molecule has 0 aliphatic rings. The third-order valence-corrected chi connectivity index (χ3v) is 3.72. The van der Waals surface area contributed by atoms with E-state index >= 15 is 0 Å². The zero-order chi connectivity index (χ0) is 21.6. The average Bonchev–Trinajstić information content (AvgIpc) is 2.66. The van der Waals surface area contributed by atoms with Gasteiger partial charge in [-0.25, -0.2) is 4.79 Å². The molecule has 0 aromatic heterocycles. The number of nitrogens with one attached hydrogen (secondary N) is 1. The van der Waals surface area contributed by atoms with Crippen LogP contribution in [0.4, 0.5) is 18.9 Å². The molecule has 29 heavy (non-hydrogen) atoms. The summed E-state index contributed by atoms with van der Waals surface area (Å²) in [6.07, 6.45) is -3.57. The standard InChI is InChI=1S/C20H17F3N2O4/c1-12(19(28)25-16-8-6-14(7-9-16)18(24)27)29-17(26)10-5-13-3-2-4-15(11-13)20(21,22)23/h2-12H,1H3,(H2,24,27)(H,25,28)/b10-5+. The summed E-state index contributed by atoms with van der Waals surface area (Å²) in [6.45, 7) is 1.34. The van der Waals surface area contributed by atoms with Crippen molar-refractivity contribution in [2.45, 2.75) is 19.2 Å². The van der Waals surface area contributed by atoms with Crippen LogP contribution in [0, 0.1) is 0 Å². The highest BCUT2D eigenvalue weighted by Gasteiger charge is 2.30. The highest BCUT2D eigenvalue weighted by Crippen LogP contribution is 2.29. The molecule has 0 radical (unpaired) electrons. The van der Waals surface area contributed by atoms with Crippen molar-refractivity contribution in [1.82, 2.24) is 0 Å². The number of nitrogens with two attached hydrogens (primary N) is 1. The molecule has 9 heteroatoms. The maximum absolute atomic E-state index is 12.7. The molecule has 1 atom stereocenters. The predicted octanol–water partition coefficient (Wildman–Crippen LogP) is 3.39. The lowest BCUT2D eigenvalue weighted by atomic mass is 10.1. The van der Waals surface area contributed by atoms with Crippen LogP contribution in [-0.4, -0.2) is 23.9 Å². The van der Waals surface area contributed by atoms with Crippen LogP contribution in [0.3, 0.4) is 0 Å². The fraction of sp³-hybridized carbons (Fsp3) is 0.150. The molecule has 0 fully saturated rings. The molecule has 0 saturated carbocycles. The Hall–Kier alpha value is -3.62. The molecule has 0 bridgehead atoms. The van der Waals surface area contributed by atoms with Crippen LogP contribution in [0.5, 0.6) is 0 Å². The van der Waals surface area contributed by atoms with Gasteiger partial charge in [-0.2, -0.15) is 13.2 Å². The third kappa shape index (κ3) is 6.49. The van der Waals surface area contributed by atoms with E-state index in [0.717, 1.165) is 24.3 Å². The number of alkyl halides is 3. The van der Waals surface area contributed by atoms with Gasteiger partial charge in [-0.3, -0.25) is 9.59 Å². The first kappa shape index (κ1) is 21.7. The Kier molecular flexibility index (Phi) is 6.76. The van der Waals surface area contributed by atoms with Gasteiger partial charge in [0.2, 0.25) is 5.91 Å². The average molecular weight is 406 g/mol. The monoisotopic (exact) mass is 406 g/mol. The minimum atomic E-state index is -4.49. The van der Waals surface area contributed by atoms with Gasteiger partial charge in [-0.15, -0.1) is 0 Å². The summed E-state index contributed by atoms with van der Waals surface area (Å²) in [5.41, 5.74) is 5.06. The van der Waals surface area contributed by atoms with Crippen LogP contribution >= 0.6 is 0 Å². The van der Waals surface area contributed by atoms with Crippen molar-refractivity contribution in [3.63, 3.8) is 0 Å². The first-order valence-corrected chi connectivity index (χ1v) is 8.33. The number of ether oxygens (including phenoxy) is 1. The summed E-state index contributed by atoms with van der Waals surface area (Å²) < 4.78 is 43.0. The molecular formula is C20H17F3N2O4.